The molecule has 2 bridgehead atoms. The molecule has 4 unspecified atom stereocenters. The molecular formula is C18H26ClNO. The van der Waals surface area contributed by atoms with Crippen molar-refractivity contribution >= 4 is 11.6 Å². The molecule has 0 amide bonds. The van der Waals surface area contributed by atoms with Crippen molar-refractivity contribution in [3.63, 3.8) is 0 Å². The molecule has 21 heavy (non-hydrogen) atoms. The van der Waals surface area contributed by atoms with Gasteiger partial charge in [0.2, 0.25) is 0 Å². The summed E-state index contributed by atoms with van der Waals surface area (Å²) in [6, 6.07) is 7.97. The lowest BCUT2D eigenvalue weighted by Crippen LogP contribution is -2.51. The van der Waals surface area contributed by atoms with E-state index < -0.39 is 6.10 Å². The molecule has 0 spiro atoms. The van der Waals surface area contributed by atoms with Crippen LogP contribution >= 0.6 is 11.6 Å². The molecule has 1 aromatic rings. The summed E-state index contributed by atoms with van der Waals surface area (Å²) >= 11 is 5.90. The molecule has 116 valence electrons. The summed E-state index contributed by atoms with van der Waals surface area (Å²) in [5.74, 6) is 0.827. The fourth-order valence-electron chi connectivity index (χ4n) is 4.84. The number of halogens is 1. The summed E-state index contributed by atoms with van der Waals surface area (Å²) in [6.45, 7) is 7.79. The van der Waals surface area contributed by atoms with Gasteiger partial charge >= 0.3 is 0 Å². The Hall–Kier alpha value is -0.570. The van der Waals surface area contributed by atoms with Gasteiger partial charge in [0.05, 0.1) is 6.10 Å². The van der Waals surface area contributed by atoms with E-state index in [-0.39, 0.29) is 0 Å². The largest absolute Gasteiger partial charge is 0.387 e. The number of rotatable bonds is 4. The van der Waals surface area contributed by atoms with Crippen LogP contribution in [0.25, 0.3) is 0 Å². The van der Waals surface area contributed by atoms with Gasteiger partial charge in [-0.2, -0.15) is 0 Å². The van der Waals surface area contributed by atoms with Gasteiger partial charge in [-0.05, 0) is 53.7 Å². The van der Waals surface area contributed by atoms with E-state index >= 15 is 0 Å². The second-order valence-electron chi connectivity index (χ2n) is 7.82. The van der Waals surface area contributed by atoms with E-state index in [0.29, 0.717) is 28.4 Å². The summed E-state index contributed by atoms with van der Waals surface area (Å²) in [5.41, 5.74) is 1.65. The van der Waals surface area contributed by atoms with Crippen molar-refractivity contribution in [2.75, 3.05) is 6.54 Å². The van der Waals surface area contributed by atoms with Crippen molar-refractivity contribution in [2.45, 2.75) is 52.2 Å². The Morgan fingerprint density at radius 2 is 1.95 bits per heavy atom. The van der Waals surface area contributed by atoms with E-state index in [2.05, 4.69) is 26.1 Å². The molecule has 3 heteroatoms. The molecule has 2 nitrogen and oxygen atoms in total. The zero-order valence-corrected chi connectivity index (χ0v) is 14.0. The van der Waals surface area contributed by atoms with Gasteiger partial charge in [-0.3, -0.25) is 0 Å². The molecule has 2 N–H and O–H groups in total. The van der Waals surface area contributed by atoms with Crippen LogP contribution in [0, 0.1) is 16.7 Å². The van der Waals surface area contributed by atoms with Crippen LogP contribution in [0.5, 0.6) is 0 Å². The maximum atomic E-state index is 10.4. The fourth-order valence-corrected chi connectivity index (χ4v) is 4.97. The third-order valence-corrected chi connectivity index (χ3v) is 6.29. The van der Waals surface area contributed by atoms with Crippen LogP contribution in [0.1, 0.15) is 51.7 Å². The zero-order valence-electron chi connectivity index (χ0n) is 13.2. The lowest BCUT2D eigenvalue weighted by Gasteiger charge is -2.43. The van der Waals surface area contributed by atoms with E-state index in [1.54, 1.807) is 0 Å². The van der Waals surface area contributed by atoms with Gasteiger partial charge in [0, 0.05) is 17.6 Å². The molecule has 2 saturated carbocycles. The van der Waals surface area contributed by atoms with E-state index in [1.807, 2.05) is 24.3 Å². The Morgan fingerprint density at radius 3 is 2.52 bits per heavy atom. The molecule has 0 heterocycles. The van der Waals surface area contributed by atoms with Crippen molar-refractivity contribution < 1.29 is 5.11 Å². The van der Waals surface area contributed by atoms with Crippen molar-refractivity contribution in [3.8, 4) is 0 Å². The number of benzene rings is 1. The van der Waals surface area contributed by atoms with Crippen molar-refractivity contribution in [2.24, 2.45) is 16.7 Å². The lowest BCUT2D eigenvalue weighted by atomic mass is 9.68. The molecule has 1 aromatic carbocycles. The number of aliphatic hydroxyl groups excluding tert-OH is 1. The molecule has 0 aromatic heterocycles. The molecule has 2 fully saturated rings. The Bertz CT molecular complexity index is 508. The Balaban J connectivity index is 1.66. The average molecular weight is 308 g/mol. The predicted octanol–water partition coefficient (Wildman–Crippen LogP) is 4.18. The van der Waals surface area contributed by atoms with E-state index in [1.165, 1.54) is 19.3 Å². The van der Waals surface area contributed by atoms with E-state index in [4.69, 9.17) is 11.6 Å². The van der Waals surface area contributed by atoms with Gasteiger partial charge in [0.15, 0.2) is 0 Å². The number of aliphatic hydroxyl groups is 1. The summed E-state index contributed by atoms with van der Waals surface area (Å²) in [5, 5.41) is 14.8. The predicted molar refractivity (Wildman–Crippen MR) is 87.4 cm³/mol. The van der Waals surface area contributed by atoms with Crippen LogP contribution in [0.3, 0.4) is 0 Å². The number of hydrogen-bond donors (Lipinski definition) is 2. The Kier molecular flexibility index (Phi) is 3.84. The van der Waals surface area contributed by atoms with Crippen LogP contribution in [-0.4, -0.2) is 17.7 Å². The smallest absolute Gasteiger partial charge is 0.0914 e. The maximum absolute atomic E-state index is 10.4. The number of nitrogens with one attached hydrogen (secondary N) is 1. The van der Waals surface area contributed by atoms with Gasteiger partial charge < -0.3 is 10.4 Å². The number of hydrogen-bond acceptors (Lipinski definition) is 2. The fraction of sp³-hybridized carbons (Fsp3) is 0.667. The summed E-state index contributed by atoms with van der Waals surface area (Å²) < 4.78 is 0. The summed E-state index contributed by atoms with van der Waals surface area (Å²) in [4.78, 5) is 0. The normalized spacial score (nSPS) is 35.1. The minimum Gasteiger partial charge on any atom is -0.387 e. The maximum Gasteiger partial charge on any atom is 0.0914 e. The molecule has 0 saturated heterocycles. The van der Waals surface area contributed by atoms with Crippen LogP contribution in [0.4, 0.5) is 0 Å². The SMILES string of the molecule is CC12CCC(C1)C(C)(C)C2NCC(O)c1ccc(Cl)cc1. The van der Waals surface area contributed by atoms with Gasteiger partial charge in [-0.15, -0.1) is 0 Å². The third-order valence-electron chi connectivity index (χ3n) is 6.04. The average Bonchev–Trinajstić information content (AvgIpc) is 2.90. The summed E-state index contributed by atoms with van der Waals surface area (Å²) in [6.07, 6.45) is 3.53. The molecule has 0 radical (unpaired) electrons. The van der Waals surface area contributed by atoms with Gasteiger partial charge in [-0.25, -0.2) is 0 Å². The highest BCUT2D eigenvalue weighted by atomic mass is 35.5. The third kappa shape index (κ3) is 2.62. The lowest BCUT2D eigenvalue weighted by molar-refractivity contribution is 0.0879. The highest BCUT2D eigenvalue weighted by Crippen LogP contribution is 2.62. The van der Waals surface area contributed by atoms with Gasteiger partial charge in [0.1, 0.15) is 0 Å². The quantitative estimate of drug-likeness (QED) is 0.874. The van der Waals surface area contributed by atoms with Crippen LogP contribution in [0.2, 0.25) is 5.02 Å². The Morgan fingerprint density at radius 1 is 1.29 bits per heavy atom. The zero-order chi connectivity index (χ0) is 15.3. The van der Waals surface area contributed by atoms with E-state index in [0.717, 1.165) is 11.5 Å². The first-order chi connectivity index (χ1) is 9.83. The van der Waals surface area contributed by atoms with Crippen LogP contribution in [-0.2, 0) is 0 Å². The second kappa shape index (κ2) is 5.26. The van der Waals surface area contributed by atoms with Crippen molar-refractivity contribution in [1.29, 1.82) is 0 Å². The molecule has 4 atom stereocenters. The highest BCUT2D eigenvalue weighted by Gasteiger charge is 2.58. The second-order valence-corrected chi connectivity index (χ2v) is 8.26. The monoisotopic (exact) mass is 307 g/mol. The first-order valence-electron chi connectivity index (χ1n) is 8.00. The number of fused-ring (bicyclic) bond motifs is 2. The molecule has 2 aliphatic carbocycles. The molecule has 2 aliphatic rings. The highest BCUT2D eigenvalue weighted by molar-refractivity contribution is 6.30. The molecule has 3 rings (SSSR count). The Labute approximate surface area is 132 Å². The minimum absolute atomic E-state index is 0.326. The molecule has 0 aliphatic heterocycles. The summed E-state index contributed by atoms with van der Waals surface area (Å²) in [7, 11) is 0. The topological polar surface area (TPSA) is 32.3 Å². The van der Waals surface area contributed by atoms with Crippen molar-refractivity contribution in [1.82, 2.24) is 5.32 Å². The van der Waals surface area contributed by atoms with Crippen LogP contribution < -0.4 is 5.32 Å². The first kappa shape index (κ1) is 15.3. The minimum atomic E-state index is -0.471. The van der Waals surface area contributed by atoms with Crippen LogP contribution in [0.15, 0.2) is 24.3 Å². The van der Waals surface area contributed by atoms with Crippen molar-refractivity contribution in [3.05, 3.63) is 34.9 Å². The van der Waals surface area contributed by atoms with Gasteiger partial charge in [0.25, 0.3) is 0 Å². The standard InChI is InChI=1S/C18H26ClNO/c1-17(2)13-8-9-18(3,10-13)16(17)20-11-15(21)12-4-6-14(19)7-5-12/h4-7,13,15-16,20-21H,8-11H2,1-3H3. The van der Waals surface area contributed by atoms with E-state index in [9.17, 15) is 5.11 Å². The van der Waals surface area contributed by atoms with Gasteiger partial charge in [-0.1, -0.05) is 44.5 Å². The first-order valence-corrected chi connectivity index (χ1v) is 8.38. The molecular weight excluding hydrogens is 282 g/mol.